The van der Waals surface area contributed by atoms with Crippen LogP contribution in [0.2, 0.25) is 0 Å². The maximum absolute atomic E-state index is 2.60. The smallest absolute Gasteiger partial charge is 0.00605 e. The van der Waals surface area contributed by atoms with Crippen LogP contribution in [0.15, 0.2) is 48.5 Å². The Labute approximate surface area is 237 Å². The fourth-order valence-corrected chi connectivity index (χ4v) is 17.0. The minimum absolute atomic E-state index is 0.106. The Morgan fingerprint density at radius 2 is 1.13 bits per heavy atom. The monoisotopic (exact) mass is 548 g/mol. The van der Waals surface area contributed by atoms with Gasteiger partial charge in [-0.1, -0.05) is 127 Å². The molecule has 0 aliphatic heterocycles. The Morgan fingerprint density at radius 3 is 1.61 bits per heavy atom. The zero-order chi connectivity index (χ0) is 27.5. The topological polar surface area (TPSA) is 0 Å². The highest BCUT2D eigenvalue weighted by Crippen LogP contribution is 2.74. The molecule has 0 radical (unpaired) electrons. The molecular formula is C36H54P2. The van der Waals surface area contributed by atoms with Crippen LogP contribution >= 0.6 is 15.8 Å². The zero-order valence-corrected chi connectivity index (χ0v) is 27.7. The first kappa shape index (κ1) is 28.8. The van der Waals surface area contributed by atoms with E-state index in [-0.39, 0.29) is 15.8 Å². The molecule has 4 aliphatic rings. The first-order chi connectivity index (χ1) is 17.6. The molecule has 2 aromatic carbocycles. The van der Waals surface area contributed by atoms with E-state index in [4.69, 9.17) is 0 Å². The summed E-state index contributed by atoms with van der Waals surface area (Å²) in [6.45, 7) is 22.7. The lowest BCUT2D eigenvalue weighted by Gasteiger charge is -2.62. The Hall–Kier alpha value is -0.700. The molecule has 4 fully saturated rings. The predicted molar refractivity (Wildman–Crippen MR) is 173 cm³/mol. The Kier molecular flexibility index (Phi) is 7.80. The third kappa shape index (κ3) is 5.99. The summed E-state index contributed by atoms with van der Waals surface area (Å²) in [7, 11) is -0.296. The highest BCUT2D eigenvalue weighted by molar-refractivity contribution is 7.60. The summed E-state index contributed by atoms with van der Waals surface area (Å²) in [6, 6.07) is 18.7. The van der Waals surface area contributed by atoms with E-state index < -0.39 is 0 Å². The molecule has 1 unspecified atom stereocenters. The fourth-order valence-electron chi connectivity index (χ4n) is 9.07. The van der Waals surface area contributed by atoms with E-state index in [1.165, 1.54) is 42.7 Å². The maximum atomic E-state index is 2.60. The number of rotatable bonds is 6. The van der Waals surface area contributed by atoms with Crippen LogP contribution in [-0.4, -0.2) is 20.6 Å². The highest BCUT2D eigenvalue weighted by atomic mass is 31.1. The number of hydrogen-bond acceptors (Lipinski definition) is 0. The summed E-state index contributed by atoms with van der Waals surface area (Å²) in [4.78, 5) is 0. The summed E-state index contributed by atoms with van der Waals surface area (Å²) in [5.74, 6) is 3.09. The van der Waals surface area contributed by atoms with Crippen molar-refractivity contribution >= 4 is 15.8 Å². The Balaban J connectivity index is 1.55. The second-order valence-electron chi connectivity index (χ2n) is 16.2. The van der Waals surface area contributed by atoms with Crippen LogP contribution in [0.1, 0.15) is 112 Å². The van der Waals surface area contributed by atoms with Crippen LogP contribution in [0.3, 0.4) is 0 Å². The van der Waals surface area contributed by atoms with Crippen molar-refractivity contribution in [1.82, 2.24) is 0 Å². The Morgan fingerprint density at radius 1 is 0.605 bits per heavy atom. The summed E-state index contributed by atoms with van der Waals surface area (Å²) >= 11 is 0. The molecule has 0 nitrogen and oxygen atoms in total. The van der Waals surface area contributed by atoms with Gasteiger partial charge in [-0.15, -0.1) is 0 Å². The second kappa shape index (κ2) is 10.3. The van der Waals surface area contributed by atoms with Gasteiger partial charge < -0.3 is 0 Å². The van der Waals surface area contributed by atoms with Crippen LogP contribution in [0.5, 0.6) is 0 Å². The van der Waals surface area contributed by atoms with Gasteiger partial charge in [0.2, 0.25) is 0 Å². The van der Waals surface area contributed by atoms with Gasteiger partial charge in [-0.3, -0.25) is 0 Å². The molecule has 0 spiro atoms. The van der Waals surface area contributed by atoms with Crippen molar-refractivity contribution in [2.24, 2.45) is 17.8 Å². The summed E-state index contributed by atoms with van der Waals surface area (Å²) in [6.07, 6.45) is 11.8. The van der Waals surface area contributed by atoms with E-state index in [0.29, 0.717) is 20.6 Å². The molecule has 0 N–H and O–H groups in total. The number of hydrogen-bond donors (Lipinski definition) is 0. The molecule has 0 heterocycles. The fraction of sp³-hybridized carbons (Fsp3) is 0.667. The predicted octanol–water partition coefficient (Wildman–Crippen LogP) is 11.7. The quantitative estimate of drug-likeness (QED) is 0.315. The van der Waals surface area contributed by atoms with Crippen molar-refractivity contribution in [3.8, 4) is 11.1 Å². The van der Waals surface area contributed by atoms with Crippen molar-refractivity contribution in [1.29, 1.82) is 0 Å². The standard InChI is InChI=1S/C36H54P2/c1-33(2,3)37(34(4,5)6)25-32-20-30(29-13-11-10-12-14-29)15-16-31(32)24-38(35(7,8)9)36-21-26-17-27(22-36)19-28(18-26)23-36/h10-16,20,26-28H,17-19,21-25H2,1-9H3. The third-order valence-electron chi connectivity index (χ3n) is 9.98. The van der Waals surface area contributed by atoms with Gasteiger partial charge in [0, 0.05) is 0 Å². The summed E-state index contributed by atoms with van der Waals surface area (Å²) in [5.41, 5.74) is 6.10. The van der Waals surface area contributed by atoms with Gasteiger partial charge in [-0.25, -0.2) is 0 Å². The van der Waals surface area contributed by atoms with Crippen molar-refractivity contribution in [3.05, 3.63) is 59.7 Å². The van der Waals surface area contributed by atoms with Gasteiger partial charge in [-0.2, -0.15) is 0 Å². The van der Waals surface area contributed by atoms with Crippen molar-refractivity contribution in [3.63, 3.8) is 0 Å². The SMILES string of the molecule is CC(C)(C)P(Cc1cc(-c2ccccc2)ccc1CP(C(C)(C)C)C12CC3CC(CC(C3)C1)C2)C(C)(C)C. The first-order valence-electron chi connectivity index (χ1n) is 15.4. The van der Waals surface area contributed by atoms with Crippen molar-refractivity contribution in [2.45, 2.75) is 134 Å². The minimum Gasteiger partial charge on any atom is -0.0911 e. The molecule has 4 bridgehead atoms. The molecule has 6 rings (SSSR count). The lowest BCUT2D eigenvalue weighted by molar-refractivity contribution is 0.0347. The van der Waals surface area contributed by atoms with Gasteiger partial charge in [0.25, 0.3) is 0 Å². The number of benzene rings is 2. The molecular weight excluding hydrogens is 494 g/mol. The van der Waals surface area contributed by atoms with Crippen LogP contribution in [0.4, 0.5) is 0 Å². The zero-order valence-electron chi connectivity index (χ0n) is 25.9. The molecule has 4 aliphatic carbocycles. The van der Waals surface area contributed by atoms with Crippen LogP contribution in [0.25, 0.3) is 11.1 Å². The molecule has 1 atom stereocenters. The van der Waals surface area contributed by atoms with Crippen LogP contribution < -0.4 is 0 Å². The van der Waals surface area contributed by atoms with E-state index >= 15 is 0 Å². The van der Waals surface area contributed by atoms with E-state index in [1.807, 2.05) is 0 Å². The highest BCUT2D eigenvalue weighted by Gasteiger charge is 2.56. The molecule has 0 saturated heterocycles. The lowest BCUT2D eigenvalue weighted by Crippen LogP contribution is -2.51. The maximum Gasteiger partial charge on any atom is -0.00605 e. The van der Waals surface area contributed by atoms with Crippen LogP contribution in [0, 0.1) is 17.8 Å². The van der Waals surface area contributed by atoms with Gasteiger partial charge >= 0.3 is 0 Å². The van der Waals surface area contributed by atoms with Crippen molar-refractivity contribution in [2.75, 3.05) is 0 Å². The molecule has 0 aromatic heterocycles. The molecule has 4 saturated carbocycles. The van der Waals surface area contributed by atoms with Gasteiger partial charge in [0.05, 0.1) is 0 Å². The van der Waals surface area contributed by atoms with E-state index in [0.717, 1.165) is 17.8 Å². The largest absolute Gasteiger partial charge is 0.0911 e. The lowest BCUT2D eigenvalue weighted by atomic mass is 9.56. The first-order valence-corrected chi connectivity index (χ1v) is 18.4. The molecule has 0 amide bonds. The minimum atomic E-state index is -0.189. The molecule has 2 heteroatoms. The summed E-state index contributed by atoms with van der Waals surface area (Å²) in [5, 5.41) is 1.70. The van der Waals surface area contributed by atoms with E-state index in [1.54, 1.807) is 30.4 Å². The summed E-state index contributed by atoms with van der Waals surface area (Å²) < 4.78 is 0. The van der Waals surface area contributed by atoms with Gasteiger partial charge in [0.1, 0.15) is 0 Å². The van der Waals surface area contributed by atoms with Gasteiger partial charge in [0.15, 0.2) is 0 Å². The normalized spacial score (nSPS) is 28.2. The molecule has 208 valence electrons. The Bertz CT molecular complexity index is 1060. The van der Waals surface area contributed by atoms with Gasteiger partial charge in [-0.05, 0) is 111 Å². The van der Waals surface area contributed by atoms with E-state index in [2.05, 4.69) is 111 Å². The molecule has 38 heavy (non-hydrogen) atoms. The average Bonchev–Trinajstić information content (AvgIpc) is 2.78. The molecule has 2 aromatic rings. The second-order valence-corrected chi connectivity index (χ2v) is 23.5. The third-order valence-corrected chi connectivity index (χ3v) is 17.8. The van der Waals surface area contributed by atoms with Crippen LogP contribution in [-0.2, 0) is 12.3 Å². The van der Waals surface area contributed by atoms with E-state index in [9.17, 15) is 0 Å². The van der Waals surface area contributed by atoms with Crippen molar-refractivity contribution < 1.29 is 0 Å². The average molecular weight is 549 g/mol.